The molecule has 9 nitrogen and oxygen atoms in total. The van der Waals surface area contributed by atoms with Crippen molar-refractivity contribution < 1.29 is 23.9 Å². The molecule has 9 heteroatoms. The Bertz CT molecular complexity index is 819. The van der Waals surface area contributed by atoms with Crippen LogP contribution in [0, 0.1) is 0 Å². The number of urea groups is 1. The van der Waals surface area contributed by atoms with Crippen LogP contribution in [0.5, 0.6) is 5.75 Å². The Balaban J connectivity index is 1.38. The van der Waals surface area contributed by atoms with Crippen LogP contribution in [0.1, 0.15) is 49.4 Å². The van der Waals surface area contributed by atoms with E-state index in [1.807, 2.05) is 6.92 Å². The van der Waals surface area contributed by atoms with E-state index in [-0.39, 0.29) is 30.9 Å². The van der Waals surface area contributed by atoms with Gasteiger partial charge >= 0.3 is 6.03 Å². The molecule has 1 aliphatic heterocycles. The Hall–Kier alpha value is -3.10. The fourth-order valence-corrected chi connectivity index (χ4v) is 3.92. The average Bonchev–Trinajstić information content (AvgIpc) is 3.30. The standard InChI is InChI=1S/C21H28N4O5/c1-2-30-16-9-4-3-8-15(16)18(27)23-14-17(26)22-12-7-13-25-19(28)21(24-20(25)29)10-5-6-11-21/h3-4,8-9H,2,5-7,10-14H2,1H3,(H,22,26)(H,23,27)(H,24,29). The highest BCUT2D eigenvalue weighted by Gasteiger charge is 2.51. The molecule has 1 aromatic carbocycles. The van der Waals surface area contributed by atoms with Crippen LogP contribution < -0.4 is 20.7 Å². The number of rotatable bonds is 9. The quantitative estimate of drug-likeness (QED) is 0.413. The van der Waals surface area contributed by atoms with Gasteiger partial charge in [-0.25, -0.2) is 4.79 Å². The third-order valence-corrected chi connectivity index (χ3v) is 5.42. The topological polar surface area (TPSA) is 117 Å². The molecule has 5 amide bonds. The molecular weight excluding hydrogens is 388 g/mol. The molecule has 30 heavy (non-hydrogen) atoms. The lowest BCUT2D eigenvalue weighted by Crippen LogP contribution is -2.44. The Morgan fingerprint density at radius 1 is 1.17 bits per heavy atom. The van der Waals surface area contributed by atoms with Gasteiger partial charge in [0.15, 0.2) is 0 Å². The summed E-state index contributed by atoms with van der Waals surface area (Å²) < 4.78 is 5.42. The van der Waals surface area contributed by atoms with Crippen LogP contribution in [0.3, 0.4) is 0 Å². The molecule has 1 spiro atoms. The zero-order chi connectivity index (χ0) is 21.6. The maximum atomic E-state index is 12.6. The van der Waals surface area contributed by atoms with Gasteiger partial charge in [0.1, 0.15) is 11.3 Å². The molecule has 1 saturated heterocycles. The van der Waals surface area contributed by atoms with E-state index >= 15 is 0 Å². The Labute approximate surface area is 175 Å². The normalized spacial score (nSPS) is 17.2. The monoisotopic (exact) mass is 416 g/mol. The number of carbonyl (C=O) groups excluding carboxylic acids is 4. The number of hydrogen-bond acceptors (Lipinski definition) is 5. The first-order valence-corrected chi connectivity index (χ1v) is 10.4. The van der Waals surface area contributed by atoms with Gasteiger partial charge in [0.05, 0.1) is 18.7 Å². The third-order valence-electron chi connectivity index (χ3n) is 5.42. The number of nitrogens with zero attached hydrogens (tertiary/aromatic N) is 1. The van der Waals surface area contributed by atoms with Gasteiger partial charge in [0.25, 0.3) is 11.8 Å². The Kier molecular flexibility index (Phi) is 6.91. The lowest BCUT2D eigenvalue weighted by molar-refractivity contribution is -0.131. The van der Waals surface area contributed by atoms with Gasteiger partial charge in [-0.1, -0.05) is 25.0 Å². The van der Waals surface area contributed by atoms with Crippen molar-refractivity contribution in [3.63, 3.8) is 0 Å². The van der Waals surface area contributed by atoms with Crippen molar-refractivity contribution in [2.75, 3.05) is 26.2 Å². The van der Waals surface area contributed by atoms with Gasteiger partial charge in [0, 0.05) is 13.1 Å². The van der Waals surface area contributed by atoms with Gasteiger partial charge in [-0.2, -0.15) is 0 Å². The first kappa shape index (κ1) is 21.6. The van der Waals surface area contributed by atoms with Crippen LogP contribution in [0.2, 0.25) is 0 Å². The molecule has 3 rings (SSSR count). The van der Waals surface area contributed by atoms with Crippen molar-refractivity contribution in [2.45, 2.75) is 44.6 Å². The maximum Gasteiger partial charge on any atom is 0.325 e. The number of carbonyl (C=O) groups is 4. The number of benzene rings is 1. The van der Waals surface area contributed by atoms with Crippen molar-refractivity contribution in [1.29, 1.82) is 0 Å². The van der Waals surface area contributed by atoms with Gasteiger partial charge in [-0.05, 0) is 38.3 Å². The summed E-state index contributed by atoms with van der Waals surface area (Å²) in [4.78, 5) is 50.2. The summed E-state index contributed by atoms with van der Waals surface area (Å²) in [5.74, 6) is -0.430. The van der Waals surface area contributed by atoms with Gasteiger partial charge in [-0.15, -0.1) is 0 Å². The number of ether oxygens (including phenoxy) is 1. The van der Waals surface area contributed by atoms with Crippen molar-refractivity contribution in [3.05, 3.63) is 29.8 Å². The maximum absolute atomic E-state index is 12.6. The smallest absolute Gasteiger partial charge is 0.325 e. The summed E-state index contributed by atoms with van der Waals surface area (Å²) in [5, 5.41) is 8.09. The van der Waals surface area contributed by atoms with Crippen molar-refractivity contribution >= 4 is 23.8 Å². The molecule has 0 bridgehead atoms. The van der Waals surface area contributed by atoms with E-state index in [0.717, 1.165) is 12.8 Å². The highest BCUT2D eigenvalue weighted by Crippen LogP contribution is 2.34. The van der Waals surface area contributed by atoms with Gasteiger partial charge in [-0.3, -0.25) is 19.3 Å². The zero-order valence-electron chi connectivity index (χ0n) is 17.2. The number of hydrogen-bond donors (Lipinski definition) is 3. The van der Waals surface area contributed by atoms with Crippen LogP contribution in [-0.2, 0) is 9.59 Å². The summed E-state index contributed by atoms with van der Waals surface area (Å²) in [6, 6.07) is 6.47. The largest absolute Gasteiger partial charge is 0.493 e. The van der Waals surface area contributed by atoms with E-state index in [4.69, 9.17) is 4.74 Å². The second-order valence-corrected chi connectivity index (χ2v) is 7.49. The van der Waals surface area contributed by atoms with Crippen molar-refractivity contribution in [1.82, 2.24) is 20.9 Å². The SMILES string of the molecule is CCOc1ccccc1C(=O)NCC(=O)NCCCN1C(=O)NC2(CCCC2)C1=O. The van der Waals surface area contributed by atoms with Crippen LogP contribution >= 0.6 is 0 Å². The number of nitrogens with one attached hydrogen (secondary N) is 3. The van der Waals surface area contributed by atoms with Crippen LogP contribution in [0.4, 0.5) is 4.79 Å². The second-order valence-electron chi connectivity index (χ2n) is 7.49. The second kappa shape index (κ2) is 9.60. The van der Waals surface area contributed by atoms with E-state index in [1.165, 1.54) is 4.90 Å². The van der Waals surface area contributed by atoms with Crippen LogP contribution in [0.25, 0.3) is 0 Å². The summed E-state index contributed by atoms with van der Waals surface area (Å²) in [6.45, 7) is 2.64. The molecule has 0 atom stereocenters. The minimum absolute atomic E-state index is 0.156. The summed E-state index contributed by atoms with van der Waals surface area (Å²) in [6.07, 6.45) is 3.71. The van der Waals surface area contributed by atoms with Crippen molar-refractivity contribution in [2.24, 2.45) is 0 Å². The average molecular weight is 416 g/mol. The molecule has 0 unspecified atom stereocenters. The fraction of sp³-hybridized carbons (Fsp3) is 0.524. The molecule has 162 valence electrons. The fourth-order valence-electron chi connectivity index (χ4n) is 3.92. The zero-order valence-corrected chi connectivity index (χ0v) is 17.2. The van der Waals surface area contributed by atoms with Gasteiger partial charge in [0.2, 0.25) is 5.91 Å². The van der Waals surface area contributed by atoms with Gasteiger partial charge < -0.3 is 20.7 Å². The van der Waals surface area contributed by atoms with E-state index in [9.17, 15) is 19.2 Å². The highest BCUT2D eigenvalue weighted by molar-refractivity contribution is 6.07. The van der Waals surface area contributed by atoms with Crippen LogP contribution in [0.15, 0.2) is 24.3 Å². The molecule has 0 aromatic heterocycles. The predicted octanol–water partition coefficient (Wildman–Crippen LogP) is 1.19. The number of para-hydroxylation sites is 1. The number of imide groups is 1. The highest BCUT2D eigenvalue weighted by atomic mass is 16.5. The Morgan fingerprint density at radius 2 is 1.90 bits per heavy atom. The molecule has 3 N–H and O–H groups in total. The summed E-state index contributed by atoms with van der Waals surface area (Å²) >= 11 is 0. The lowest BCUT2D eigenvalue weighted by Gasteiger charge is -2.20. The van der Waals surface area contributed by atoms with E-state index in [1.54, 1.807) is 24.3 Å². The molecule has 1 aliphatic carbocycles. The van der Waals surface area contributed by atoms with E-state index in [2.05, 4.69) is 16.0 Å². The minimum Gasteiger partial charge on any atom is -0.493 e. The van der Waals surface area contributed by atoms with Crippen molar-refractivity contribution in [3.8, 4) is 5.75 Å². The molecule has 1 heterocycles. The molecule has 1 saturated carbocycles. The third kappa shape index (κ3) is 4.72. The first-order valence-electron chi connectivity index (χ1n) is 10.4. The minimum atomic E-state index is -0.706. The number of amides is 5. The van der Waals surface area contributed by atoms with E-state index < -0.39 is 11.4 Å². The van der Waals surface area contributed by atoms with E-state index in [0.29, 0.717) is 43.7 Å². The lowest BCUT2D eigenvalue weighted by atomic mass is 9.98. The molecule has 0 radical (unpaired) electrons. The predicted molar refractivity (Wildman–Crippen MR) is 109 cm³/mol. The molecule has 1 aromatic rings. The Morgan fingerprint density at radius 3 is 2.63 bits per heavy atom. The molecule has 2 fully saturated rings. The molecular formula is C21H28N4O5. The first-order chi connectivity index (χ1) is 14.5. The summed E-state index contributed by atoms with van der Waals surface area (Å²) in [5.41, 5.74) is -0.339. The molecule has 2 aliphatic rings. The summed E-state index contributed by atoms with van der Waals surface area (Å²) in [7, 11) is 0. The van der Waals surface area contributed by atoms with Crippen LogP contribution in [-0.4, -0.2) is 60.4 Å².